The standard InChI is InChI=1S/C39H50N2/c1-6-9-10-12-16-32-17-15-20-37(28-32)41(31(5)33-18-13-11-14-19-33)39(8-3)35-25-23-34(24-26-35)36-22-21-30(4)38(29-36)40-27-7-2/h8,12,15-17,20-26,28-29,33,39-40H,3,5-7,9-11,13-14,18-19,27H2,1-2,4H3/b16-12+. The van der Waals surface area contributed by atoms with Crippen molar-refractivity contribution in [3.63, 3.8) is 0 Å². The van der Waals surface area contributed by atoms with E-state index in [1.54, 1.807) is 0 Å². The van der Waals surface area contributed by atoms with Crippen LogP contribution in [0.3, 0.4) is 0 Å². The van der Waals surface area contributed by atoms with E-state index in [1.807, 2.05) is 0 Å². The summed E-state index contributed by atoms with van der Waals surface area (Å²) < 4.78 is 0. The Balaban J connectivity index is 1.66. The summed E-state index contributed by atoms with van der Waals surface area (Å²) in [4.78, 5) is 2.46. The van der Waals surface area contributed by atoms with Gasteiger partial charge in [-0.2, -0.15) is 0 Å². The van der Waals surface area contributed by atoms with Crippen molar-refractivity contribution in [1.29, 1.82) is 0 Å². The summed E-state index contributed by atoms with van der Waals surface area (Å²) in [6.07, 6.45) is 17.7. The van der Waals surface area contributed by atoms with Crippen LogP contribution in [0.15, 0.2) is 97.7 Å². The lowest BCUT2D eigenvalue weighted by Crippen LogP contribution is -2.31. The minimum absolute atomic E-state index is 0.0117. The Morgan fingerprint density at radius 2 is 1.71 bits per heavy atom. The van der Waals surface area contributed by atoms with Crippen molar-refractivity contribution in [2.24, 2.45) is 5.92 Å². The SMILES string of the molecule is C=CC(c1ccc(-c2ccc(C)c(NCCC)c2)cc1)N(C(=C)C1CCCCC1)c1cccc(/C=C/CCCC)c1. The van der Waals surface area contributed by atoms with Crippen molar-refractivity contribution in [3.05, 3.63) is 114 Å². The lowest BCUT2D eigenvalue weighted by molar-refractivity contribution is 0.393. The van der Waals surface area contributed by atoms with Crippen LogP contribution in [0.4, 0.5) is 11.4 Å². The van der Waals surface area contributed by atoms with E-state index in [0.29, 0.717) is 5.92 Å². The molecule has 4 rings (SSSR count). The van der Waals surface area contributed by atoms with Gasteiger partial charge in [-0.3, -0.25) is 0 Å². The van der Waals surface area contributed by atoms with Crippen molar-refractivity contribution >= 4 is 17.5 Å². The van der Waals surface area contributed by atoms with Gasteiger partial charge in [-0.05, 0) is 84.5 Å². The van der Waals surface area contributed by atoms with E-state index in [4.69, 9.17) is 6.58 Å². The number of nitrogens with one attached hydrogen (secondary N) is 1. The number of hydrogen-bond acceptors (Lipinski definition) is 2. The number of anilines is 2. The van der Waals surface area contributed by atoms with Gasteiger partial charge >= 0.3 is 0 Å². The van der Waals surface area contributed by atoms with E-state index >= 15 is 0 Å². The average molecular weight is 547 g/mol. The minimum Gasteiger partial charge on any atom is -0.385 e. The van der Waals surface area contributed by atoms with Crippen molar-refractivity contribution in [3.8, 4) is 11.1 Å². The molecular formula is C39H50N2. The second-order valence-corrected chi connectivity index (χ2v) is 11.6. The zero-order valence-corrected chi connectivity index (χ0v) is 25.7. The number of benzene rings is 3. The number of aryl methyl sites for hydroxylation is 1. The second kappa shape index (κ2) is 15.5. The molecule has 2 nitrogen and oxygen atoms in total. The summed E-state index contributed by atoms with van der Waals surface area (Å²) >= 11 is 0. The van der Waals surface area contributed by atoms with Crippen LogP contribution < -0.4 is 10.2 Å². The van der Waals surface area contributed by atoms with Gasteiger partial charge in [0.25, 0.3) is 0 Å². The van der Waals surface area contributed by atoms with Gasteiger partial charge in [-0.1, -0.05) is 119 Å². The van der Waals surface area contributed by atoms with Crippen molar-refractivity contribution in [2.75, 3.05) is 16.8 Å². The average Bonchev–Trinajstić information content (AvgIpc) is 3.02. The van der Waals surface area contributed by atoms with Crippen LogP contribution >= 0.6 is 0 Å². The Morgan fingerprint density at radius 1 is 0.951 bits per heavy atom. The molecule has 216 valence electrons. The fourth-order valence-corrected chi connectivity index (χ4v) is 5.97. The van der Waals surface area contributed by atoms with Gasteiger partial charge in [0.15, 0.2) is 0 Å². The van der Waals surface area contributed by atoms with Gasteiger partial charge in [0.2, 0.25) is 0 Å². The number of allylic oxidation sites excluding steroid dienone is 2. The highest BCUT2D eigenvalue weighted by atomic mass is 15.2. The predicted molar refractivity (Wildman–Crippen MR) is 182 cm³/mol. The van der Waals surface area contributed by atoms with Crippen molar-refractivity contribution < 1.29 is 0 Å². The summed E-state index contributed by atoms with van der Waals surface area (Å²) in [5.41, 5.74) is 9.86. The fourth-order valence-electron chi connectivity index (χ4n) is 5.97. The maximum absolute atomic E-state index is 4.73. The molecule has 0 aromatic heterocycles. The Kier molecular flexibility index (Phi) is 11.5. The zero-order valence-electron chi connectivity index (χ0n) is 25.7. The molecule has 41 heavy (non-hydrogen) atoms. The molecule has 1 N–H and O–H groups in total. The van der Waals surface area contributed by atoms with Crippen LogP contribution in [-0.4, -0.2) is 6.54 Å². The molecule has 0 spiro atoms. The molecular weight excluding hydrogens is 496 g/mol. The summed E-state index contributed by atoms with van der Waals surface area (Å²) in [5.74, 6) is 0.510. The normalized spacial score (nSPS) is 14.6. The first-order chi connectivity index (χ1) is 20.0. The highest BCUT2D eigenvalue weighted by molar-refractivity contribution is 5.71. The number of rotatable bonds is 14. The molecule has 0 aliphatic heterocycles. The van der Waals surface area contributed by atoms with Gasteiger partial charge in [0.1, 0.15) is 0 Å². The third-order valence-corrected chi connectivity index (χ3v) is 8.46. The van der Waals surface area contributed by atoms with E-state index in [9.17, 15) is 0 Å². The maximum atomic E-state index is 4.73. The lowest BCUT2D eigenvalue weighted by Gasteiger charge is -2.38. The Labute approximate surface area is 249 Å². The first-order valence-electron chi connectivity index (χ1n) is 15.9. The van der Waals surface area contributed by atoms with Crippen molar-refractivity contribution in [1.82, 2.24) is 0 Å². The van der Waals surface area contributed by atoms with E-state index in [0.717, 1.165) is 19.4 Å². The van der Waals surface area contributed by atoms with E-state index in [2.05, 4.69) is 123 Å². The number of nitrogens with zero attached hydrogens (tertiary/aromatic N) is 1. The summed E-state index contributed by atoms with van der Waals surface area (Å²) in [6.45, 7) is 16.7. The topological polar surface area (TPSA) is 15.3 Å². The quantitative estimate of drug-likeness (QED) is 0.160. The molecule has 3 aromatic carbocycles. The molecule has 1 aliphatic carbocycles. The Morgan fingerprint density at radius 3 is 2.41 bits per heavy atom. The van der Waals surface area contributed by atoms with Crippen LogP contribution in [0.25, 0.3) is 17.2 Å². The molecule has 0 heterocycles. The van der Waals surface area contributed by atoms with Gasteiger partial charge in [-0.15, -0.1) is 6.58 Å². The summed E-state index contributed by atoms with van der Waals surface area (Å²) in [5, 5.41) is 3.58. The summed E-state index contributed by atoms with van der Waals surface area (Å²) in [6, 6.07) is 24.7. The van der Waals surface area contributed by atoms with Gasteiger partial charge in [0.05, 0.1) is 6.04 Å². The minimum atomic E-state index is 0.0117. The Bertz CT molecular complexity index is 1290. The van der Waals surface area contributed by atoms with Gasteiger partial charge < -0.3 is 10.2 Å². The fraction of sp³-hybridized carbons (Fsp3) is 0.385. The molecule has 1 aliphatic rings. The lowest BCUT2D eigenvalue weighted by atomic mass is 9.85. The van der Waals surface area contributed by atoms with Gasteiger partial charge in [-0.25, -0.2) is 0 Å². The predicted octanol–water partition coefficient (Wildman–Crippen LogP) is 11.5. The zero-order chi connectivity index (χ0) is 29.0. The van der Waals surface area contributed by atoms with Crippen LogP contribution in [0.5, 0.6) is 0 Å². The van der Waals surface area contributed by atoms with E-state index in [-0.39, 0.29) is 6.04 Å². The van der Waals surface area contributed by atoms with Crippen LogP contribution in [-0.2, 0) is 0 Å². The first kappa shape index (κ1) is 30.4. The third-order valence-electron chi connectivity index (χ3n) is 8.46. The smallest absolute Gasteiger partial charge is 0.0769 e. The molecule has 1 atom stereocenters. The van der Waals surface area contributed by atoms with E-state index in [1.165, 1.54) is 89.8 Å². The number of unbranched alkanes of at least 4 members (excludes halogenated alkanes) is 2. The molecule has 1 unspecified atom stereocenters. The monoisotopic (exact) mass is 546 g/mol. The van der Waals surface area contributed by atoms with Crippen LogP contribution in [0.1, 0.15) is 94.4 Å². The second-order valence-electron chi connectivity index (χ2n) is 11.6. The van der Waals surface area contributed by atoms with Crippen LogP contribution in [0, 0.1) is 12.8 Å². The maximum Gasteiger partial charge on any atom is 0.0769 e. The molecule has 1 fully saturated rings. The number of hydrogen-bond donors (Lipinski definition) is 1. The molecule has 1 saturated carbocycles. The first-order valence-corrected chi connectivity index (χ1v) is 15.9. The largest absolute Gasteiger partial charge is 0.385 e. The molecule has 0 saturated heterocycles. The van der Waals surface area contributed by atoms with Gasteiger partial charge in [0, 0.05) is 23.6 Å². The molecule has 0 amide bonds. The molecule has 3 aromatic rings. The highest BCUT2D eigenvalue weighted by Gasteiger charge is 2.27. The molecule has 2 heteroatoms. The third kappa shape index (κ3) is 8.03. The Hall–Kier alpha value is -3.52. The van der Waals surface area contributed by atoms with E-state index < -0.39 is 0 Å². The molecule has 0 bridgehead atoms. The molecule has 0 radical (unpaired) electrons. The van der Waals surface area contributed by atoms with Crippen LogP contribution in [0.2, 0.25) is 0 Å². The summed E-state index contributed by atoms with van der Waals surface area (Å²) in [7, 11) is 0. The highest BCUT2D eigenvalue weighted by Crippen LogP contribution is 2.39. The van der Waals surface area contributed by atoms with Crippen molar-refractivity contribution in [2.45, 2.75) is 84.6 Å².